The average Bonchev–Trinajstić information content (AvgIpc) is 2.89. The van der Waals surface area contributed by atoms with Crippen molar-refractivity contribution in [2.24, 2.45) is 5.41 Å². The molecule has 0 bridgehead atoms. The van der Waals surface area contributed by atoms with Crippen molar-refractivity contribution in [3.8, 4) is 0 Å². The summed E-state index contributed by atoms with van der Waals surface area (Å²) >= 11 is 0. The summed E-state index contributed by atoms with van der Waals surface area (Å²) in [5.74, 6) is 1.27. The smallest absolute Gasteiger partial charge is 0.310 e. The molecule has 1 N–H and O–H groups in total. The molecular formula is C14H21N3O2. The van der Waals surface area contributed by atoms with Crippen LogP contribution in [-0.4, -0.2) is 25.8 Å². The minimum atomic E-state index is -0.648. The van der Waals surface area contributed by atoms with E-state index >= 15 is 0 Å². The van der Waals surface area contributed by atoms with Crippen LogP contribution in [0.15, 0.2) is 0 Å². The normalized spacial score (nSPS) is 21.9. The predicted molar refractivity (Wildman–Crippen MR) is 69.8 cm³/mol. The van der Waals surface area contributed by atoms with Gasteiger partial charge in [0, 0.05) is 19.4 Å². The molecule has 19 heavy (non-hydrogen) atoms. The van der Waals surface area contributed by atoms with Crippen LogP contribution in [-0.2, 0) is 24.2 Å². The second-order valence-electron chi connectivity index (χ2n) is 5.96. The Kier molecular flexibility index (Phi) is 3.29. The predicted octanol–water partition coefficient (Wildman–Crippen LogP) is 2.19. The number of fused-ring (bicyclic) bond motifs is 1. The number of nitrogens with zero attached hydrogens (tertiary/aromatic N) is 3. The summed E-state index contributed by atoms with van der Waals surface area (Å²) < 4.78 is 2.13. The molecule has 1 fully saturated rings. The molecule has 0 aromatic carbocycles. The van der Waals surface area contributed by atoms with E-state index in [1.807, 2.05) is 0 Å². The summed E-state index contributed by atoms with van der Waals surface area (Å²) in [5.41, 5.74) is -0.608. The molecule has 1 aromatic heterocycles. The first-order chi connectivity index (χ1) is 9.21. The van der Waals surface area contributed by atoms with E-state index in [-0.39, 0.29) is 0 Å². The minimum absolute atomic E-state index is 0.551. The first-order valence-corrected chi connectivity index (χ1v) is 7.36. The molecule has 2 aliphatic rings. The second-order valence-corrected chi connectivity index (χ2v) is 5.96. The molecule has 5 heteroatoms. The molecule has 0 spiro atoms. The van der Waals surface area contributed by atoms with Crippen LogP contribution in [0, 0.1) is 5.41 Å². The van der Waals surface area contributed by atoms with Gasteiger partial charge in [-0.3, -0.25) is 4.79 Å². The highest BCUT2D eigenvalue weighted by atomic mass is 16.4. The van der Waals surface area contributed by atoms with Crippen LogP contribution in [0.4, 0.5) is 0 Å². The highest BCUT2D eigenvalue weighted by Gasteiger charge is 2.40. The van der Waals surface area contributed by atoms with Gasteiger partial charge in [0.15, 0.2) is 0 Å². The Morgan fingerprint density at radius 3 is 2.58 bits per heavy atom. The van der Waals surface area contributed by atoms with Gasteiger partial charge in [0.25, 0.3) is 0 Å². The number of rotatable bonds is 3. The van der Waals surface area contributed by atoms with E-state index in [1.54, 1.807) is 0 Å². The van der Waals surface area contributed by atoms with Crippen LogP contribution in [0.2, 0.25) is 0 Å². The quantitative estimate of drug-likeness (QED) is 0.849. The molecule has 1 aliphatic heterocycles. The number of carboxylic acid groups (broad SMARTS) is 1. The summed E-state index contributed by atoms with van der Waals surface area (Å²) in [4.78, 5) is 11.8. The molecule has 1 aromatic rings. The lowest BCUT2D eigenvalue weighted by molar-refractivity contribution is -0.150. The van der Waals surface area contributed by atoms with Gasteiger partial charge >= 0.3 is 5.97 Å². The standard InChI is InChI=1S/C14H21N3O2/c18-13(19)14(7-3-1-2-4-8-14)10-12-16-15-11-6-5-9-17(11)12/h1-10H2,(H,18,19). The zero-order valence-electron chi connectivity index (χ0n) is 11.3. The average molecular weight is 263 g/mol. The Bertz CT molecular complexity index is 473. The van der Waals surface area contributed by atoms with E-state index in [0.717, 1.165) is 69.6 Å². The molecule has 0 atom stereocenters. The Hall–Kier alpha value is -1.39. The van der Waals surface area contributed by atoms with Crippen LogP contribution in [0.25, 0.3) is 0 Å². The van der Waals surface area contributed by atoms with Gasteiger partial charge in [-0.15, -0.1) is 10.2 Å². The fourth-order valence-corrected chi connectivity index (χ4v) is 3.52. The van der Waals surface area contributed by atoms with Gasteiger partial charge in [-0.25, -0.2) is 0 Å². The number of aromatic nitrogens is 3. The first-order valence-electron chi connectivity index (χ1n) is 7.36. The number of aliphatic carboxylic acids is 1. The second kappa shape index (κ2) is 4.94. The van der Waals surface area contributed by atoms with Crippen molar-refractivity contribution in [1.29, 1.82) is 0 Å². The van der Waals surface area contributed by atoms with E-state index in [9.17, 15) is 9.90 Å². The van der Waals surface area contributed by atoms with E-state index in [2.05, 4.69) is 14.8 Å². The molecule has 1 saturated carbocycles. The van der Waals surface area contributed by atoms with Crippen molar-refractivity contribution in [3.63, 3.8) is 0 Å². The van der Waals surface area contributed by atoms with E-state index in [4.69, 9.17) is 0 Å². The largest absolute Gasteiger partial charge is 0.481 e. The number of hydrogen-bond acceptors (Lipinski definition) is 3. The number of aryl methyl sites for hydroxylation is 1. The number of hydrogen-bond donors (Lipinski definition) is 1. The highest BCUT2D eigenvalue weighted by Crippen LogP contribution is 2.38. The van der Waals surface area contributed by atoms with Gasteiger partial charge in [-0.05, 0) is 19.3 Å². The summed E-state index contributed by atoms with van der Waals surface area (Å²) in [7, 11) is 0. The van der Waals surface area contributed by atoms with Gasteiger partial charge in [0.1, 0.15) is 11.6 Å². The van der Waals surface area contributed by atoms with Crippen molar-refractivity contribution in [3.05, 3.63) is 11.6 Å². The van der Waals surface area contributed by atoms with Crippen LogP contribution >= 0.6 is 0 Å². The summed E-state index contributed by atoms with van der Waals surface area (Å²) in [5, 5.41) is 18.1. The topological polar surface area (TPSA) is 68.0 Å². The summed E-state index contributed by atoms with van der Waals surface area (Å²) in [6, 6.07) is 0. The Morgan fingerprint density at radius 2 is 1.89 bits per heavy atom. The zero-order chi connectivity index (χ0) is 13.3. The molecular weight excluding hydrogens is 242 g/mol. The molecule has 1 aliphatic carbocycles. The molecule has 0 radical (unpaired) electrons. The Morgan fingerprint density at radius 1 is 1.16 bits per heavy atom. The maximum absolute atomic E-state index is 11.8. The van der Waals surface area contributed by atoms with E-state index in [0.29, 0.717) is 6.42 Å². The molecule has 0 unspecified atom stereocenters. The molecule has 0 amide bonds. The molecule has 104 valence electrons. The van der Waals surface area contributed by atoms with Crippen molar-refractivity contribution in [2.45, 2.75) is 64.3 Å². The van der Waals surface area contributed by atoms with Crippen molar-refractivity contribution >= 4 is 5.97 Å². The van der Waals surface area contributed by atoms with Gasteiger partial charge in [-0.2, -0.15) is 0 Å². The van der Waals surface area contributed by atoms with Crippen LogP contribution in [0.5, 0.6) is 0 Å². The molecule has 2 heterocycles. The fourth-order valence-electron chi connectivity index (χ4n) is 3.52. The van der Waals surface area contributed by atoms with E-state index in [1.165, 1.54) is 0 Å². The minimum Gasteiger partial charge on any atom is -0.481 e. The number of carbonyl (C=O) groups is 1. The van der Waals surface area contributed by atoms with E-state index < -0.39 is 11.4 Å². The van der Waals surface area contributed by atoms with Gasteiger partial charge in [-0.1, -0.05) is 25.7 Å². The highest BCUT2D eigenvalue weighted by molar-refractivity contribution is 5.75. The van der Waals surface area contributed by atoms with Crippen LogP contribution in [0.1, 0.15) is 56.6 Å². The lowest BCUT2D eigenvalue weighted by Gasteiger charge is -2.27. The number of carboxylic acids is 1. The van der Waals surface area contributed by atoms with Crippen molar-refractivity contribution in [2.75, 3.05) is 0 Å². The third-order valence-electron chi connectivity index (χ3n) is 4.70. The van der Waals surface area contributed by atoms with Gasteiger partial charge < -0.3 is 9.67 Å². The van der Waals surface area contributed by atoms with Crippen molar-refractivity contribution in [1.82, 2.24) is 14.8 Å². The van der Waals surface area contributed by atoms with Gasteiger partial charge in [0.2, 0.25) is 0 Å². The third kappa shape index (κ3) is 2.26. The fraction of sp³-hybridized carbons (Fsp3) is 0.786. The lowest BCUT2D eigenvalue weighted by Crippen LogP contribution is -2.34. The maximum atomic E-state index is 11.8. The van der Waals surface area contributed by atoms with Crippen molar-refractivity contribution < 1.29 is 9.90 Å². The zero-order valence-corrected chi connectivity index (χ0v) is 11.3. The Balaban J connectivity index is 1.86. The van der Waals surface area contributed by atoms with Gasteiger partial charge in [0.05, 0.1) is 5.41 Å². The van der Waals surface area contributed by atoms with Crippen LogP contribution < -0.4 is 0 Å². The molecule has 3 rings (SSSR count). The first kappa shape index (κ1) is 12.6. The SMILES string of the molecule is O=C(O)C1(Cc2nnc3n2CCC3)CCCCCC1. The monoisotopic (exact) mass is 263 g/mol. The lowest BCUT2D eigenvalue weighted by atomic mass is 9.77. The molecule has 5 nitrogen and oxygen atoms in total. The Labute approximate surface area is 113 Å². The summed E-state index contributed by atoms with van der Waals surface area (Å²) in [6.45, 7) is 0.952. The molecule has 0 saturated heterocycles. The third-order valence-corrected chi connectivity index (χ3v) is 4.70. The summed E-state index contributed by atoms with van der Waals surface area (Å²) in [6.07, 6.45) is 8.57. The maximum Gasteiger partial charge on any atom is 0.310 e. The van der Waals surface area contributed by atoms with Crippen LogP contribution in [0.3, 0.4) is 0 Å².